The minimum atomic E-state index is -1.34. The number of imidazole rings is 2. The molecule has 14 heteroatoms. The number of nitrogens with one attached hydrogen (secondary N) is 4. The molecule has 4 amide bonds. The van der Waals surface area contributed by atoms with Gasteiger partial charge in [0.25, 0.3) is 0 Å². The molecule has 2 aliphatic heterocycles. The molecule has 8 atom stereocenters. The molecule has 52 heavy (non-hydrogen) atoms. The molecule has 4 aliphatic rings. The first-order chi connectivity index (χ1) is 25.1. The SMILES string of the molecule is CCC(C(=O)NC(=O)O)N1C(c2ncc(-c3ccc(-c4ccc(-c5cnc([C@@H]6C[C@H]7C[C@H]7N6[C@@H](CC)C(=O)NC(=O)O)[nH]5)cc4)cc3)[nH]2)CC2CC21. The standard InChI is InChI=1S/C38H42N8O6/c1-3-27(35(47)43-37(49)50)45-29-13-23(29)15-31(45)33-39-17-25(41-33)21-9-5-19(6-10-21)20-7-11-22(12-8-20)26-18-40-34(42-26)32-16-24-14-30(24)46(32)28(4-2)36(48)44-38(51)52/h5-12,17-18,23-24,27-32H,3-4,13-16H2,1-2H3,(H,39,41)(H,40,42)(H,43,47)(H,44,48)(H,49,50)(H,51,52)/t23-,24?,27+,28?,29-,30?,31+,32?/m1/s1. The lowest BCUT2D eigenvalue weighted by Gasteiger charge is -2.32. The Morgan fingerprint density at radius 2 is 1.02 bits per heavy atom. The number of aromatic amines is 2. The van der Waals surface area contributed by atoms with Crippen LogP contribution in [0.3, 0.4) is 0 Å². The number of amides is 4. The topological polar surface area (TPSA) is 197 Å². The molecular weight excluding hydrogens is 664 g/mol. The molecule has 2 saturated carbocycles. The van der Waals surface area contributed by atoms with E-state index < -0.39 is 36.1 Å². The van der Waals surface area contributed by atoms with Crippen LogP contribution in [0.5, 0.6) is 0 Å². The van der Waals surface area contributed by atoms with Crippen LogP contribution in [0.2, 0.25) is 0 Å². The lowest BCUT2D eigenvalue weighted by Crippen LogP contribution is -2.49. The molecule has 4 aromatic rings. The summed E-state index contributed by atoms with van der Waals surface area (Å²) < 4.78 is 0. The van der Waals surface area contributed by atoms with Gasteiger partial charge in [-0.2, -0.15) is 0 Å². The Labute approximate surface area is 300 Å². The Bertz CT molecular complexity index is 1860. The van der Waals surface area contributed by atoms with Crippen LogP contribution in [0.4, 0.5) is 9.59 Å². The van der Waals surface area contributed by atoms with E-state index in [1.807, 2.05) is 36.9 Å². The van der Waals surface area contributed by atoms with Gasteiger partial charge in [0.1, 0.15) is 11.6 Å². The summed E-state index contributed by atoms with van der Waals surface area (Å²) in [6, 6.07) is 15.8. The fourth-order valence-corrected chi connectivity index (χ4v) is 8.81. The van der Waals surface area contributed by atoms with E-state index in [9.17, 15) is 19.2 Å². The molecule has 4 heterocycles. The van der Waals surface area contributed by atoms with E-state index >= 15 is 0 Å². The number of benzene rings is 2. The summed E-state index contributed by atoms with van der Waals surface area (Å²) in [6.07, 6.45) is 5.79. The van der Waals surface area contributed by atoms with Crippen molar-refractivity contribution in [2.75, 3.05) is 0 Å². The maximum atomic E-state index is 12.7. The number of hydrogen-bond donors (Lipinski definition) is 6. The van der Waals surface area contributed by atoms with Gasteiger partial charge in [-0.05, 0) is 72.6 Å². The quantitative estimate of drug-likeness (QED) is 0.115. The number of carbonyl (C=O) groups is 4. The monoisotopic (exact) mass is 706 g/mol. The highest BCUT2D eigenvalue weighted by Gasteiger charge is 2.57. The fraction of sp³-hybridized carbons (Fsp3) is 0.421. The largest absolute Gasteiger partial charge is 0.465 e. The smallest absolute Gasteiger partial charge is 0.411 e. The van der Waals surface area contributed by atoms with Crippen LogP contribution in [0, 0.1) is 11.8 Å². The zero-order chi connectivity index (χ0) is 36.3. The number of hydrogen-bond acceptors (Lipinski definition) is 8. The Balaban J connectivity index is 0.938. The average Bonchev–Trinajstić information content (AvgIpc) is 3.73. The van der Waals surface area contributed by atoms with E-state index in [1.54, 1.807) is 0 Å². The van der Waals surface area contributed by atoms with Crippen molar-refractivity contribution in [1.29, 1.82) is 0 Å². The number of fused-ring (bicyclic) bond motifs is 2. The van der Waals surface area contributed by atoms with E-state index in [-0.39, 0.29) is 24.2 Å². The number of imide groups is 2. The van der Waals surface area contributed by atoms with Gasteiger partial charge in [-0.25, -0.2) is 19.6 Å². The van der Waals surface area contributed by atoms with Crippen LogP contribution in [0.25, 0.3) is 33.6 Å². The molecule has 2 aromatic carbocycles. The van der Waals surface area contributed by atoms with Gasteiger partial charge in [-0.15, -0.1) is 0 Å². The predicted octanol–water partition coefficient (Wildman–Crippen LogP) is 5.55. The van der Waals surface area contributed by atoms with Crippen molar-refractivity contribution in [3.63, 3.8) is 0 Å². The van der Waals surface area contributed by atoms with Gasteiger partial charge < -0.3 is 20.2 Å². The molecule has 0 spiro atoms. The second-order valence-corrected chi connectivity index (χ2v) is 14.5. The van der Waals surface area contributed by atoms with E-state index in [1.165, 1.54) is 0 Å². The lowest BCUT2D eigenvalue weighted by molar-refractivity contribution is -0.127. The summed E-state index contributed by atoms with van der Waals surface area (Å²) in [4.78, 5) is 68.5. The molecule has 2 aliphatic carbocycles. The second kappa shape index (κ2) is 13.3. The van der Waals surface area contributed by atoms with Crippen molar-refractivity contribution in [3.05, 3.63) is 72.6 Å². The molecule has 4 unspecified atom stereocenters. The predicted molar refractivity (Wildman–Crippen MR) is 190 cm³/mol. The van der Waals surface area contributed by atoms with Crippen LogP contribution in [0.1, 0.15) is 76.1 Å². The summed E-state index contributed by atoms with van der Waals surface area (Å²) in [7, 11) is 0. The van der Waals surface area contributed by atoms with E-state index in [0.717, 1.165) is 71.0 Å². The van der Waals surface area contributed by atoms with Gasteiger partial charge in [0, 0.05) is 12.1 Å². The van der Waals surface area contributed by atoms with E-state index in [2.05, 4.69) is 68.3 Å². The van der Waals surface area contributed by atoms with Crippen LogP contribution in [-0.2, 0) is 9.59 Å². The highest BCUT2D eigenvalue weighted by molar-refractivity contribution is 5.94. The molecule has 270 valence electrons. The normalized spacial score (nSPS) is 25.9. The third kappa shape index (κ3) is 6.26. The summed E-state index contributed by atoms with van der Waals surface area (Å²) >= 11 is 0. The number of H-pyrrole nitrogens is 2. The van der Waals surface area contributed by atoms with Crippen molar-refractivity contribution >= 4 is 24.0 Å². The van der Waals surface area contributed by atoms with Crippen molar-refractivity contribution in [1.82, 2.24) is 40.4 Å². The minimum absolute atomic E-state index is 0.0768. The number of aromatic nitrogens is 4. The van der Waals surface area contributed by atoms with E-state index in [4.69, 9.17) is 20.2 Å². The molecule has 4 fully saturated rings. The molecule has 2 saturated heterocycles. The molecular formula is C38H42N8O6. The van der Waals surface area contributed by atoms with Crippen LogP contribution in [0.15, 0.2) is 60.9 Å². The molecule has 14 nitrogen and oxygen atoms in total. The number of rotatable bonds is 11. The second-order valence-electron chi connectivity index (χ2n) is 14.5. The molecule has 8 rings (SSSR count). The zero-order valence-electron chi connectivity index (χ0n) is 29.0. The highest BCUT2D eigenvalue weighted by atomic mass is 16.4. The molecule has 0 bridgehead atoms. The van der Waals surface area contributed by atoms with Gasteiger partial charge in [-0.3, -0.25) is 30.0 Å². The Hall–Kier alpha value is -5.34. The first-order valence-electron chi connectivity index (χ1n) is 18.1. The number of likely N-dealkylation sites (tertiary alicyclic amines) is 2. The first-order valence-corrected chi connectivity index (χ1v) is 18.1. The van der Waals surface area contributed by atoms with Gasteiger partial charge in [0.15, 0.2) is 0 Å². The third-order valence-electron chi connectivity index (χ3n) is 11.4. The van der Waals surface area contributed by atoms with Crippen molar-refractivity contribution in [2.45, 2.75) is 88.6 Å². The summed E-state index contributed by atoms with van der Waals surface area (Å²) in [5, 5.41) is 22.3. The molecule has 6 N–H and O–H groups in total. The van der Waals surface area contributed by atoms with Crippen molar-refractivity contribution < 1.29 is 29.4 Å². The third-order valence-corrected chi connectivity index (χ3v) is 11.4. The Morgan fingerprint density at radius 1 is 0.654 bits per heavy atom. The number of carboxylic acid groups (broad SMARTS) is 2. The Morgan fingerprint density at radius 3 is 1.37 bits per heavy atom. The van der Waals surface area contributed by atoms with Gasteiger partial charge >= 0.3 is 12.2 Å². The number of piperidine rings is 2. The first kappa shape index (κ1) is 33.8. The van der Waals surface area contributed by atoms with Gasteiger partial charge in [0.2, 0.25) is 11.8 Å². The van der Waals surface area contributed by atoms with Crippen molar-refractivity contribution in [3.8, 4) is 33.6 Å². The zero-order valence-corrected chi connectivity index (χ0v) is 29.0. The fourth-order valence-electron chi connectivity index (χ4n) is 8.81. The van der Waals surface area contributed by atoms with Crippen molar-refractivity contribution in [2.24, 2.45) is 11.8 Å². The summed E-state index contributed by atoms with van der Waals surface area (Å²) in [6.45, 7) is 3.81. The maximum absolute atomic E-state index is 12.7. The van der Waals surface area contributed by atoms with Crippen LogP contribution in [-0.4, -0.2) is 88.1 Å². The molecule has 2 aromatic heterocycles. The van der Waals surface area contributed by atoms with Crippen LogP contribution >= 0.6 is 0 Å². The average molecular weight is 707 g/mol. The van der Waals surface area contributed by atoms with E-state index in [0.29, 0.717) is 24.7 Å². The van der Waals surface area contributed by atoms with Crippen LogP contribution < -0.4 is 10.6 Å². The lowest BCUT2D eigenvalue weighted by atomic mass is 10.0. The summed E-state index contributed by atoms with van der Waals surface area (Å²) in [5.41, 5.74) is 5.84. The Kier molecular flexibility index (Phi) is 8.66. The van der Waals surface area contributed by atoms with Gasteiger partial charge in [-0.1, -0.05) is 62.4 Å². The molecule has 0 radical (unpaired) electrons. The number of carbonyl (C=O) groups excluding carboxylic acids is 2. The maximum Gasteiger partial charge on any atom is 0.411 e. The highest BCUT2D eigenvalue weighted by Crippen LogP contribution is 2.55. The number of nitrogens with zero attached hydrogens (tertiary/aromatic N) is 4. The minimum Gasteiger partial charge on any atom is -0.465 e. The van der Waals surface area contributed by atoms with Gasteiger partial charge in [0.05, 0.1) is 47.9 Å². The summed E-state index contributed by atoms with van der Waals surface area (Å²) in [5.74, 6) is 1.59.